The molecule has 9 nitrogen and oxygen atoms in total. The van der Waals surface area contributed by atoms with Gasteiger partial charge in [0.25, 0.3) is 23.5 Å². The van der Waals surface area contributed by atoms with Crippen molar-refractivity contribution < 1.29 is 27.6 Å². The molecule has 3 aromatic rings. The predicted octanol–water partition coefficient (Wildman–Crippen LogP) is 2.89. The van der Waals surface area contributed by atoms with Gasteiger partial charge in [-0.15, -0.1) is 5.10 Å². The maximum Gasteiger partial charge on any atom is 0.294 e. The van der Waals surface area contributed by atoms with Gasteiger partial charge < -0.3 is 15.2 Å². The molecule has 2 N–H and O–H groups in total. The molecule has 12 heteroatoms. The van der Waals surface area contributed by atoms with Gasteiger partial charge in [0.05, 0.1) is 23.0 Å². The maximum absolute atomic E-state index is 13.9. The zero-order valence-electron chi connectivity index (χ0n) is 19.6. The third kappa shape index (κ3) is 3.95. The Balaban J connectivity index is 1.43. The number of aromatic nitrogens is 4. The molecule has 0 spiro atoms. The quantitative estimate of drug-likeness (QED) is 0.400. The lowest BCUT2D eigenvalue weighted by molar-refractivity contribution is -0.148. The van der Waals surface area contributed by atoms with E-state index in [0.29, 0.717) is 36.3 Å². The molecular weight excluding hydrogens is 477 g/mol. The molecule has 0 unspecified atom stereocenters. The van der Waals surface area contributed by atoms with Gasteiger partial charge in [0.1, 0.15) is 11.5 Å². The summed E-state index contributed by atoms with van der Waals surface area (Å²) >= 11 is 0. The Morgan fingerprint density at radius 2 is 1.81 bits per heavy atom. The van der Waals surface area contributed by atoms with Gasteiger partial charge in [0.15, 0.2) is 0 Å². The summed E-state index contributed by atoms with van der Waals surface area (Å²) in [6.45, 7) is 2.00. The zero-order chi connectivity index (χ0) is 25.8. The molecule has 2 aromatic heterocycles. The van der Waals surface area contributed by atoms with Crippen LogP contribution < -0.4 is 10.6 Å². The van der Waals surface area contributed by atoms with Gasteiger partial charge in [0.2, 0.25) is 0 Å². The molecule has 0 saturated heterocycles. The fourth-order valence-corrected chi connectivity index (χ4v) is 5.15. The summed E-state index contributed by atoms with van der Waals surface area (Å²) in [6, 6.07) is 5.25. The van der Waals surface area contributed by atoms with Gasteiger partial charge >= 0.3 is 0 Å². The highest BCUT2D eigenvalue weighted by molar-refractivity contribution is 6.43. The van der Waals surface area contributed by atoms with Crippen LogP contribution in [0, 0.1) is 12.7 Å². The third-order valence-corrected chi connectivity index (χ3v) is 6.73. The van der Waals surface area contributed by atoms with E-state index in [9.17, 15) is 27.6 Å². The van der Waals surface area contributed by atoms with E-state index in [1.54, 1.807) is 18.5 Å². The molecule has 1 saturated carbocycles. The number of hydrogen-bond acceptors (Lipinski definition) is 5. The Labute approximate surface area is 203 Å². The Hall–Kier alpha value is -3.96. The number of carbonyl (C=O) groups excluding carboxylic acids is 3. The van der Waals surface area contributed by atoms with Gasteiger partial charge in [-0.25, -0.2) is 13.2 Å². The first-order valence-corrected chi connectivity index (χ1v) is 11.4. The van der Waals surface area contributed by atoms with E-state index in [4.69, 9.17) is 0 Å². The molecule has 3 heterocycles. The third-order valence-electron chi connectivity index (χ3n) is 6.73. The smallest absolute Gasteiger partial charge is 0.294 e. The minimum absolute atomic E-state index is 0.0460. The number of ketones is 1. The second-order valence-electron chi connectivity index (χ2n) is 9.36. The number of aryl methyl sites for hydroxylation is 1. The van der Waals surface area contributed by atoms with Crippen LogP contribution in [0.25, 0.3) is 0 Å². The van der Waals surface area contributed by atoms with Crippen molar-refractivity contribution in [3.05, 3.63) is 64.5 Å². The number of anilines is 1. The second-order valence-corrected chi connectivity index (χ2v) is 9.36. The Kier molecular flexibility index (Phi) is 5.49. The molecule has 0 atom stereocenters. The SMILES string of the molecule is Cc1c(C(=O)Nc2ccc(F)cc2)c2n(c1C(=O)C(=O)NC1(c3cn(C)nn3)CC(F)(F)C1)CCC2. The number of alkyl halides is 2. The zero-order valence-corrected chi connectivity index (χ0v) is 19.6. The summed E-state index contributed by atoms with van der Waals surface area (Å²) in [6.07, 6.45) is 1.22. The average Bonchev–Trinajstić information content (AvgIpc) is 3.49. The minimum atomic E-state index is -3.01. The Morgan fingerprint density at radius 1 is 1.11 bits per heavy atom. The first-order chi connectivity index (χ1) is 17.0. The second kappa shape index (κ2) is 8.32. The Morgan fingerprint density at radius 3 is 2.42 bits per heavy atom. The monoisotopic (exact) mass is 500 g/mol. The predicted molar refractivity (Wildman–Crippen MR) is 121 cm³/mol. The molecule has 0 bridgehead atoms. The van der Waals surface area contributed by atoms with Crippen molar-refractivity contribution in [3.8, 4) is 0 Å². The van der Waals surface area contributed by atoms with Crippen LogP contribution in [-0.2, 0) is 30.3 Å². The van der Waals surface area contributed by atoms with Crippen LogP contribution in [0.15, 0.2) is 30.5 Å². The fourth-order valence-electron chi connectivity index (χ4n) is 5.15. The van der Waals surface area contributed by atoms with E-state index < -0.39 is 47.7 Å². The topological polar surface area (TPSA) is 111 Å². The molecule has 0 radical (unpaired) electrons. The molecule has 1 aliphatic carbocycles. The number of amides is 2. The van der Waals surface area contributed by atoms with Crippen LogP contribution in [0.3, 0.4) is 0 Å². The molecule has 1 aliphatic heterocycles. The van der Waals surface area contributed by atoms with Gasteiger partial charge in [-0.3, -0.25) is 19.1 Å². The van der Waals surface area contributed by atoms with Gasteiger partial charge in [-0.1, -0.05) is 5.21 Å². The normalized spacial score (nSPS) is 17.2. The van der Waals surface area contributed by atoms with E-state index in [-0.39, 0.29) is 17.0 Å². The summed E-state index contributed by atoms with van der Waals surface area (Å²) in [7, 11) is 1.57. The highest BCUT2D eigenvalue weighted by Gasteiger charge is 2.60. The van der Waals surface area contributed by atoms with Crippen molar-refractivity contribution >= 4 is 23.3 Å². The highest BCUT2D eigenvalue weighted by Crippen LogP contribution is 2.51. The average molecular weight is 500 g/mol. The molecule has 2 amide bonds. The first kappa shape index (κ1) is 23.8. The minimum Gasteiger partial charge on any atom is -0.341 e. The largest absolute Gasteiger partial charge is 0.341 e. The summed E-state index contributed by atoms with van der Waals surface area (Å²) in [5, 5.41) is 12.8. The molecule has 2 aliphatic rings. The molecule has 188 valence electrons. The molecule has 1 aromatic carbocycles. The lowest BCUT2D eigenvalue weighted by atomic mass is 9.71. The number of benzene rings is 1. The van der Waals surface area contributed by atoms with Crippen LogP contribution in [-0.4, -0.2) is 43.1 Å². The molecule has 5 rings (SSSR count). The van der Waals surface area contributed by atoms with Gasteiger partial charge in [-0.2, -0.15) is 0 Å². The van der Waals surface area contributed by atoms with Crippen molar-refractivity contribution in [2.75, 3.05) is 5.32 Å². The summed E-state index contributed by atoms with van der Waals surface area (Å²) in [4.78, 5) is 39.5. The van der Waals surface area contributed by atoms with E-state index >= 15 is 0 Å². The number of halogens is 3. The number of rotatable bonds is 6. The van der Waals surface area contributed by atoms with Crippen molar-refractivity contribution in [1.82, 2.24) is 24.9 Å². The van der Waals surface area contributed by atoms with Gasteiger partial charge in [0, 0.05) is 37.8 Å². The van der Waals surface area contributed by atoms with E-state index in [0.717, 1.165) is 0 Å². The first-order valence-electron chi connectivity index (χ1n) is 11.4. The molecule has 1 fully saturated rings. The van der Waals surface area contributed by atoms with E-state index in [1.807, 2.05) is 0 Å². The number of nitrogens with one attached hydrogen (secondary N) is 2. The Bertz CT molecular complexity index is 1380. The van der Waals surface area contributed by atoms with Crippen LogP contribution in [0.4, 0.5) is 18.9 Å². The molecular formula is C24H23F3N6O3. The fraction of sp³-hybridized carbons (Fsp3) is 0.375. The lowest BCUT2D eigenvalue weighted by Gasteiger charge is -2.46. The van der Waals surface area contributed by atoms with Crippen molar-refractivity contribution in [3.63, 3.8) is 0 Å². The number of hydrogen-bond donors (Lipinski definition) is 2. The number of fused-ring (bicyclic) bond motifs is 1. The van der Waals surface area contributed by atoms with Crippen LogP contribution in [0.5, 0.6) is 0 Å². The van der Waals surface area contributed by atoms with Crippen molar-refractivity contribution in [2.24, 2.45) is 7.05 Å². The summed E-state index contributed by atoms with van der Waals surface area (Å²) in [5.74, 6) is -5.92. The van der Waals surface area contributed by atoms with E-state index in [2.05, 4.69) is 20.9 Å². The summed E-state index contributed by atoms with van der Waals surface area (Å²) < 4.78 is 43.9. The van der Waals surface area contributed by atoms with Crippen LogP contribution >= 0.6 is 0 Å². The maximum atomic E-state index is 13.9. The van der Waals surface area contributed by atoms with Crippen LogP contribution in [0.1, 0.15) is 57.1 Å². The molecule has 36 heavy (non-hydrogen) atoms. The number of Topliss-reactive ketones (excluding diaryl/α,β-unsaturated/α-hetero) is 1. The van der Waals surface area contributed by atoms with Gasteiger partial charge in [-0.05, 0) is 49.6 Å². The van der Waals surface area contributed by atoms with Crippen molar-refractivity contribution in [2.45, 2.75) is 50.6 Å². The van der Waals surface area contributed by atoms with E-state index in [1.165, 1.54) is 35.1 Å². The highest BCUT2D eigenvalue weighted by atomic mass is 19.3. The van der Waals surface area contributed by atoms with Crippen LogP contribution in [0.2, 0.25) is 0 Å². The number of carbonyl (C=O) groups is 3. The number of nitrogens with zero attached hydrogens (tertiary/aromatic N) is 4. The van der Waals surface area contributed by atoms with Crippen molar-refractivity contribution in [1.29, 1.82) is 0 Å². The summed E-state index contributed by atoms with van der Waals surface area (Å²) in [5.41, 5.74) is 0.256. The lowest BCUT2D eigenvalue weighted by Crippen LogP contribution is -2.61. The standard InChI is InChI=1S/C24H23F3N6O3/c1-13-18(21(35)28-15-7-5-14(25)6-8-15)16-4-3-9-33(16)19(13)20(34)22(36)29-23(11-24(26,27)12-23)17-10-32(2)31-30-17/h5-8,10H,3-4,9,11-12H2,1-2H3,(H,28,35)(H,29,36).